The highest BCUT2D eigenvalue weighted by Gasteiger charge is 2.32. The maximum Gasteiger partial charge on any atom is 0.257 e. The Morgan fingerprint density at radius 1 is 1.35 bits per heavy atom. The molecule has 0 aliphatic heterocycles. The minimum Gasteiger partial charge on any atom is -0.493 e. The maximum absolute atomic E-state index is 11.6. The second kappa shape index (κ2) is 5.31. The molecule has 0 aromatic carbocycles. The van der Waals surface area contributed by atoms with Crippen LogP contribution in [0.25, 0.3) is 0 Å². The van der Waals surface area contributed by atoms with Crippen LogP contribution in [0.15, 0.2) is 4.79 Å². The molecule has 0 aliphatic rings. The third-order valence-electron chi connectivity index (χ3n) is 3.12. The predicted molar refractivity (Wildman–Crippen MR) is 65.1 cm³/mol. The topological polar surface area (TPSA) is 75.2 Å². The highest BCUT2D eigenvalue weighted by atomic mass is 16.5. The van der Waals surface area contributed by atoms with Crippen LogP contribution in [0.4, 0.5) is 0 Å². The number of hydrogen-bond acceptors (Lipinski definition) is 4. The standard InChI is InChI=1S/C12H20N2O3/c1-5-12(6-2,17-7-3)11-13-9(15)8(4)10(16)14-11/h5-7H2,1-4H3,(H2,13,14,15,16). The molecular formula is C12H20N2O3. The van der Waals surface area contributed by atoms with Crippen LogP contribution in [0.5, 0.6) is 5.88 Å². The molecular weight excluding hydrogens is 220 g/mol. The molecule has 1 aromatic rings. The first-order valence-electron chi connectivity index (χ1n) is 5.95. The van der Waals surface area contributed by atoms with Gasteiger partial charge in [0.1, 0.15) is 11.4 Å². The molecule has 0 fully saturated rings. The molecule has 0 amide bonds. The number of H-pyrrole nitrogens is 1. The SMILES string of the molecule is CCOC(CC)(CC)c1nc(O)c(C)c(=O)[nH]1. The molecule has 0 aliphatic carbocycles. The van der Waals surface area contributed by atoms with Crippen molar-refractivity contribution >= 4 is 0 Å². The monoisotopic (exact) mass is 240 g/mol. The quantitative estimate of drug-likeness (QED) is 0.823. The van der Waals surface area contributed by atoms with Gasteiger partial charge in [0, 0.05) is 6.61 Å². The number of rotatable bonds is 5. The third kappa shape index (κ3) is 2.49. The number of aromatic nitrogens is 2. The molecule has 0 saturated carbocycles. The van der Waals surface area contributed by atoms with Gasteiger partial charge in [0.15, 0.2) is 0 Å². The van der Waals surface area contributed by atoms with Crippen LogP contribution in [-0.4, -0.2) is 21.7 Å². The summed E-state index contributed by atoms with van der Waals surface area (Å²) >= 11 is 0. The summed E-state index contributed by atoms with van der Waals surface area (Å²) in [6, 6.07) is 0. The molecule has 1 aromatic heterocycles. The van der Waals surface area contributed by atoms with Crippen LogP contribution in [0, 0.1) is 6.92 Å². The maximum atomic E-state index is 11.6. The van der Waals surface area contributed by atoms with Crippen molar-refractivity contribution in [2.75, 3.05) is 6.61 Å². The van der Waals surface area contributed by atoms with E-state index in [1.165, 1.54) is 6.92 Å². The number of ether oxygens (including phenoxy) is 1. The average molecular weight is 240 g/mol. The predicted octanol–water partition coefficient (Wildman–Crippen LogP) is 1.84. The van der Waals surface area contributed by atoms with E-state index in [2.05, 4.69) is 9.97 Å². The summed E-state index contributed by atoms with van der Waals surface area (Å²) < 4.78 is 5.72. The zero-order valence-corrected chi connectivity index (χ0v) is 10.8. The number of nitrogens with zero attached hydrogens (tertiary/aromatic N) is 1. The van der Waals surface area contributed by atoms with Crippen molar-refractivity contribution in [3.05, 3.63) is 21.7 Å². The molecule has 17 heavy (non-hydrogen) atoms. The lowest BCUT2D eigenvalue weighted by atomic mass is 9.96. The second-order valence-corrected chi connectivity index (χ2v) is 4.00. The largest absolute Gasteiger partial charge is 0.493 e. The number of nitrogens with one attached hydrogen (secondary N) is 1. The fraction of sp³-hybridized carbons (Fsp3) is 0.667. The van der Waals surface area contributed by atoms with E-state index < -0.39 is 5.60 Å². The summed E-state index contributed by atoms with van der Waals surface area (Å²) in [5.74, 6) is 0.173. The Labute approximate surface area is 101 Å². The van der Waals surface area contributed by atoms with Crippen LogP contribution in [0.2, 0.25) is 0 Å². The van der Waals surface area contributed by atoms with Crippen molar-refractivity contribution in [3.63, 3.8) is 0 Å². The molecule has 0 radical (unpaired) electrons. The van der Waals surface area contributed by atoms with E-state index in [0.29, 0.717) is 25.3 Å². The molecule has 0 unspecified atom stereocenters. The van der Waals surface area contributed by atoms with E-state index >= 15 is 0 Å². The lowest BCUT2D eigenvalue weighted by molar-refractivity contribution is -0.0576. The highest BCUT2D eigenvalue weighted by molar-refractivity contribution is 5.22. The van der Waals surface area contributed by atoms with Crippen molar-refractivity contribution in [1.29, 1.82) is 0 Å². The van der Waals surface area contributed by atoms with Crippen molar-refractivity contribution in [2.24, 2.45) is 0 Å². The van der Waals surface area contributed by atoms with E-state index in [0.717, 1.165) is 0 Å². The van der Waals surface area contributed by atoms with E-state index in [4.69, 9.17) is 4.74 Å². The Balaban J connectivity index is 3.33. The van der Waals surface area contributed by atoms with Gasteiger partial charge in [-0.3, -0.25) is 4.79 Å². The summed E-state index contributed by atoms with van der Waals surface area (Å²) in [6.45, 7) is 7.89. The Bertz CT molecular complexity index is 436. The van der Waals surface area contributed by atoms with Crippen LogP contribution in [-0.2, 0) is 10.3 Å². The highest BCUT2D eigenvalue weighted by Crippen LogP contribution is 2.30. The van der Waals surface area contributed by atoms with Crippen LogP contribution >= 0.6 is 0 Å². The van der Waals surface area contributed by atoms with Gasteiger partial charge in [-0.2, -0.15) is 4.98 Å². The van der Waals surface area contributed by atoms with Gasteiger partial charge >= 0.3 is 0 Å². The van der Waals surface area contributed by atoms with Crippen molar-refractivity contribution < 1.29 is 9.84 Å². The summed E-state index contributed by atoms with van der Waals surface area (Å²) in [5, 5.41) is 9.62. The van der Waals surface area contributed by atoms with Gasteiger partial charge in [0.2, 0.25) is 5.88 Å². The molecule has 0 spiro atoms. The molecule has 1 rings (SSSR count). The molecule has 96 valence electrons. The van der Waals surface area contributed by atoms with Gasteiger partial charge < -0.3 is 14.8 Å². The normalized spacial score (nSPS) is 11.8. The van der Waals surface area contributed by atoms with Gasteiger partial charge in [-0.1, -0.05) is 13.8 Å². The minimum atomic E-state index is -0.626. The molecule has 0 bridgehead atoms. The molecule has 2 N–H and O–H groups in total. The van der Waals surface area contributed by atoms with Gasteiger partial charge in [-0.25, -0.2) is 0 Å². The Morgan fingerprint density at radius 2 is 1.94 bits per heavy atom. The van der Waals surface area contributed by atoms with Crippen molar-refractivity contribution in [2.45, 2.75) is 46.1 Å². The molecule has 5 nitrogen and oxygen atoms in total. The number of aromatic hydroxyl groups is 1. The van der Waals surface area contributed by atoms with Crippen LogP contribution in [0.3, 0.4) is 0 Å². The lowest BCUT2D eigenvalue weighted by Gasteiger charge is -2.30. The van der Waals surface area contributed by atoms with Crippen molar-refractivity contribution in [3.8, 4) is 5.88 Å². The third-order valence-corrected chi connectivity index (χ3v) is 3.12. The zero-order chi connectivity index (χ0) is 13.1. The van der Waals surface area contributed by atoms with Gasteiger partial charge in [-0.05, 0) is 26.7 Å². The first kappa shape index (κ1) is 13.7. The van der Waals surface area contributed by atoms with E-state index in [1.807, 2.05) is 20.8 Å². The first-order chi connectivity index (χ1) is 8.00. The Kier molecular flexibility index (Phi) is 4.28. The summed E-state index contributed by atoms with van der Waals surface area (Å²) in [4.78, 5) is 18.4. The Morgan fingerprint density at radius 3 is 2.35 bits per heavy atom. The lowest BCUT2D eigenvalue weighted by Crippen LogP contribution is -2.33. The zero-order valence-electron chi connectivity index (χ0n) is 10.8. The van der Waals surface area contributed by atoms with Crippen LogP contribution < -0.4 is 5.56 Å². The number of aromatic amines is 1. The molecule has 0 saturated heterocycles. The van der Waals surface area contributed by atoms with Gasteiger partial charge in [-0.15, -0.1) is 0 Å². The van der Waals surface area contributed by atoms with Crippen LogP contribution in [0.1, 0.15) is 45.0 Å². The summed E-state index contributed by atoms with van der Waals surface area (Å²) in [7, 11) is 0. The van der Waals surface area contributed by atoms with E-state index in [9.17, 15) is 9.90 Å². The summed E-state index contributed by atoms with van der Waals surface area (Å²) in [5.41, 5.74) is -0.719. The average Bonchev–Trinajstić information content (AvgIpc) is 2.32. The minimum absolute atomic E-state index is 0.227. The van der Waals surface area contributed by atoms with Gasteiger partial charge in [0.05, 0.1) is 5.56 Å². The Hall–Kier alpha value is -1.36. The molecule has 1 heterocycles. The molecule has 5 heteroatoms. The second-order valence-electron chi connectivity index (χ2n) is 4.00. The van der Waals surface area contributed by atoms with Gasteiger partial charge in [0.25, 0.3) is 5.56 Å². The van der Waals surface area contributed by atoms with Crippen molar-refractivity contribution in [1.82, 2.24) is 9.97 Å². The fourth-order valence-corrected chi connectivity index (χ4v) is 1.87. The first-order valence-corrected chi connectivity index (χ1v) is 5.95. The number of hydrogen-bond donors (Lipinski definition) is 2. The fourth-order valence-electron chi connectivity index (χ4n) is 1.87. The van der Waals surface area contributed by atoms with E-state index in [-0.39, 0.29) is 17.0 Å². The van der Waals surface area contributed by atoms with E-state index in [1.54, 1.807) is 0 Å². The summed E-state index contributed by atoms with van der Waals surface area (Å²) in [6.07, 6.45) is 1.37. The smallest absolute Gasteiger partial charge is 0.257 e. The molecule has 0 atom stereocenters.